The topological polar surface area (TPSA) is 107 Å². The van der Waals surface area contributed by atoms with Crippen LogP contribution in [0.1, 0.15) is 28.9 Å². The maximum absolute atomic E-state index is 14.8. The Balaban J connectivity index is 0.00000289. The summed E-state index contributed by atoms with van der Waals surface area (Å²) in [5.74, 6) is -1.89. The van der Waals surface area contributed by atoms with Crippen molar-refractivity contribution in [2.45, 2.75) is 25.5 Å². The van der Waals surface area contributed by atoms with Crippen LogP contribution in [0, 0.1) is 11.6 Å². The van der Waals surface area contributed by atoms with Gasteiger partial charge < -0.3 is 20.3 Å². The summed E-state index contributed by atoms with van der Waals surface area (Å²) < 4.78 is 35.7. The molecule has 2 aliphatic heterocycles. The number of aromatic nitrogens is 3. The molecule has 2 aliphatic rings. The first kappa shape index (κ1) is 24.8. The average molecular weight is 507 g/mol. The number of nitrogen functional groups attached to an aromatic ring is 1. The van der Waals surface area contributed by atoms with Crippen molar-refractivity contribution in [1.29, 1.82) is 0 Å². The lowest BCUT2D eigenvalue weighted by Crippen LogP contribution is -2.48. The number of morpholine rings is 1. The Hall–Kier alpha value is -3.31. The van der Waals surface area contributed by atoms with Crippen molar-refractivity contribution in [2.75, 3.05) is 38.5 Å². The molecule has 9 nitrogen and oxygen atoms in total. The van der Waals surface area contributed by atoms with Gasteiger partial charge in [-0.25, -0.2) is 13.8 Å². The molecule has 0 bridgehead atoms. The van der Waals surface area contributed by atoms with Gasteiger partial charge in [-0.15, -0.1) is 12.4 Å². The fraction of sp³-hybridized carbons (Fsp3) is 0.391. The highest BCUT2D eigenvalue weighted by Gasteiger charge is 2.36. The lowest BCUT2D eigenvalue weighted by molar-refractivity contribution is -0.138. The van der Waals surface area contributed by atoms with Crippen molar-refractivity contribution in [1.82, 2.24) is 24.6 Å². The molecular formula is C23H25ClF2N6O3. The maximum atomic E-state index is 14.8. The fourth-order valence-corrected chi connectivity index (χ4v) is 4.51. The minimum Gasteiger partial charge on any atom is -0.384 e. The second-order valence-electron chi connectivity index (χ2n) is 8.72. The molecule has 186 valence electrons. The zero-order valence-electron chi connectivity index (χ0n) is 19.0. The smallest absolute Gasteiger partial charge is 0.254 e. The van der Waals surface area contributed by atoms with Crippen molar-refractivity contribution >= 4 is 40.9 Å². The summed E-state index contributed by atoms with van der Waals surface area (Å²) >= 11 is 0. The summed E-state index contributed by atoms with van der Waals surface area (Å²) in [4.78, 5) is 32.7. The Morgan fingerprint density at radius 2 is 1.94 bits per heavy atom. The molecule has 2 amide bonds. The van der Waals surface area contributed by atoms with Crippen molar-refractivity contribution < 1.29 is 23.1 Å². The summed E-state index contributed by atoms with van der Waals surface area (Å²) in [6, 6.07) is 5.08. The molecule has 2 fully saturated rings. The molecule has 4 heterocycles. The van der Waals surface area contributed by atoms with Gasteiger partial charge >= 0.3 is 0 Å². The van der Waals surface area contributed by atoms with E-state index in [0.29, 0.717) is 44.0 Å². The molecule has 0 unspecified atom stereocenters. The molecule has 0 saturated carbocycles. The van der Waals surface area contributed by atoms with E-state index in [-0.39, 0.29) is 59.5 Å². The molecule has 0 aliphatic carbocycles. The summed E-state index contributed by atoms with van der Waals surface area (Å²) in [5.41, 5.74) is 6.71. The van der Waals surface area contributed by atoms with Crippen LogP contribution in [-0.4, -0.2) is 75.3 Å². The number of amides is 2. The number of fused-ring (bicyclic) bond motifs is 1. The molecule has 2 aromatic heterocycles. The molecule has 3 aromatic rings. The number of pyridine rings is 1. The highest BCUT2D eigenvalue weighted by Crippen LogP contribution is 2.34. The van der Waals surface area contributed by atoms with Gasteiger partial charge in [-0.1, -0.05) is 0 Å². The minimum absolute atomic E-state index is 0. The molecule has 2 N–H and O–H groups in total. The number of hydrogen-bond acceptors (Lipinski definition) is 6. The number of hydrogen-bond donors (Lipinski definition) is 1. The molecule has 12 heteroatoms. The van der Waals surface area contributed by atoms with Gasteiger partial charge in [0, 0.05) is 56.0 Å². The van der Waals surface area contributed by atoms with Crippen LogP contribution < -0.4 is 5.73 Å². The summed E-state index contributed by atoms with van der Waals surface area (Å²) in [6.45, 7) is 3.73. The number of likely N-dealkylation sites (tertiary alicyclic amines) is 1. The highest BCUT2D eigenvalue weighted by molar-refractivity contribution is 5.95. The van der Waals surface area contributed by atoms with Gasteiger partial charge in [0.2, 0.25) is 5.91 Å². The SMILES string of the molecule is C[C@H]1CN(C(=O)Cn2nc(C3CN(C(=O)c4ccnc(N)c4)C3)c3c(F)cc(F)cc32)CCO1.Cl. The Kier molecular flexibility index (Phi) is 6.91. The first-order valence-corrected chi connectivity index (χ1v) is 11.1. The number of anilines is 1. The van der Waals surface area contributed by atoms with E-state index < -0.39 is 11.6 Å². The van der Waals surface area contributed by atoms with Gasteiger partial charge in [-0.2, -0.15) is 5.10 Å². The predicted molar refractivity (Wildman–Crippen MR) is 126 cm³/mol. The van der Waals surface area contributed by atoms with Gasteiger partial charge in [0.25, 0.3) is 5.91 Å². The van der Waals surface area contributed by atoms with E-state index >= 15 is 0 Å². The molecular weight excluding hydrogens is 482 g/mol. The number of ether oxygens (including phenoxy) is 1. The van der Waals surface area contributed by atoms with Crippen molar-refractivity contribution in [2.24, 2.45) is 0 Å². The van der Waals surface area contributed by atoms with Crippen LogP contribution in [-0.2, 0) is 16.1 Å². The average Bonchev–Trinajstić information content (AvgIpc) is 3.10. The van der Waals surface area contributed by atoms with Crippen molar-refractivity contribution in [3.05, 3.63) is 53.4 Å². The third-order valence-electron chi connectivity index (χ3n) is 6.26. The number of benzene rings is 1. The van der Waals surface area contributed by atoms with Gasteiger partial charge in [0.1, 0.15) is 24.0 Å². The Labute approximate surface area is 206 Å². The normalized spacial score (nSPS) is 18.3. The number of halogens is 3. The van der Waals surface area contributed by atoms with Crippen molar-refractivity contribution in [3.63, 3.8) is 0 Å². The Bertz CT molecular complexity index is 1280. The molecule has 35 heavy (non-hydrogen) atoms. The molecule has 1 aromatic carbocycles. The monoisotopic (exact) mass is 506 g/mol. The second-order valence-corrected chi connectivity index (χ2v) is 8.72. The lowest BCUT2D eigenvalue weighted by Gasteiger charge is -2.38. The zero-order chi connectivity index (χ0) is 24.0. The minimum atomic E-state index is -0.745. The third-order valence-corrected chi connectivity index (χ3v) is 6.26. The standard InChI is InChI=1S/C23H24F2N6O3.ClH/c1-13-9-29(4-5-34-13)20(32)12-31-18-8-16(24)7-17(25)21(18)22(28-31)15-10-30(11-15)23(33)14-2-3-27-19(26)6-14;/h2-3,6-8,13,15H,4-5,9-12H2,1H3,(H2,26,27);1H/t13-;/m0./s1. The first-order chi connectivity index (χ1) is 16.3. The van der Waals surface area contributed by atoms with Gasteiger partial charge in [0.05, 0.1) is 29.3 Å². The molecule has 1 atom stereocenters. The van der Waals surface area contributed by atoms with Gasteiger partial charge in [-0.05, 0) is 19.1 Å². The van der Waals surface area contributed by atoms with E-state index in [1.807, 2.05) is 6.92 Å². The van der Waals surface area contributed by atoms with Crippen LogP contribution in [0.2, 0.25) is 0 Å². The van der Waals surface area contributed by atoms with Crippen LogP contribution in [0.15, 0.2) is 30.5 Å². The van der Waals surface area contributed by atoms with Crippen molar-refractivity contribution in [3.8, 4) is 0 Å². The number of nitrogens with two attached hydrogens (primary N) is 1. The van der Waals surface area contributed by atoms with Crippen LogP contribution >= 0.6 is 12.4 Å². The quantitative estimate of drug-likeness (QED) is 0.581. The first-order valence-electron chi connectivity index (χ1n) is 11.1. The maximum Gasteiger partial charge on any atom is 0.254 e. The number of carbonyl (C=O) groups excluding carboxylic acids is 2. The number of rotatable bonds is 4. The summed E-state index contributed by atoms with van der Waals surface area (Å²) in [7, 11) is 0. The number of carbonyl (C=O) groups is 2. The zero-order valence-corrected chi connectivity index (χ0v) is 19.8. The Morgan fingerprint density at radius 3 is 2.66 bits per heavy atom. The molecule has 5 rings (SSSR count). The van der Waals surface area contributed by atoms with Crippen LogP contribution in [0.5, 0.6) is 0 Å². The van der Waals surface area contributed by atoms with E-state index in [9.17, 15) is 18.4 Å². The van der Waals surface area contributed by atoms with E-state index in [4.69, 9.17) is 10.5 Å². The van der Waals surface area contributed by atoms with Crippen LogP contribution in [0.25, 0.3) is 10.9 Å². The van der Waals surface area contributed by atoms with Gasteiger partial charge in [-0.3, -0.25) is 14.3 Å². The van der Waals surface area contributed by atoms with Gasteiger partial charge in [0.15, 0.2) is 0 Å². The summed E-state index contributed by atoms with van der Waals surface area (Å²) in [5, 5.41) is 4.69. The predicted octanol–water partition coefficient (Wildman–Crippen LogP) is 2.20. The largest absolute Gasteiger partial charge is 0.384 e. The van der Waals surface area contributed by atoms with E-state index in [0.717, 1.165) is 6.07 Å². The highest BCUT2D eigenvalue weighted by atomic mass is 35.5. The number of nitrogens with zero attached hydrogens (tertiary/aromatic N) is 5. The summed E-state index contributed by atoms with van der Waals surface area (Å²) in [6.07, 6.45) is 1.39. The fourth-order valence-electron chi connectivity index (χ4n) is 4.51. The van der Waals surface area contributed by atoms with E-state index in [1.165, 1.54) is 23.0 Å². The third kappa shape index (κ3) is 4.78. The second kappa shape index (κ2) is 9.74. The molecule has 2 saturated heterocycles. The van der Waals surface area contributed by atoms with Crippen LogP contribution in [0.4, 0.5) is 14.6 Å². The Morgan fingerprint density at radius 1 is 1.17 bits per heavy atom. The van der Waals surface area contributed by atoms with E-state index in [2.05, 4.69) is 10.1 Å². The van der Waals surface area contributed by atoms with Crippen LogP contribution in [0.3, 0.4) is 0 Å². The lowest BCUT2D eigenvalue weighted by atomic mass is 9.93. The molecule has 0 radical (unpaired) electrons. The van der Waals surface area contributed by atoms with E-state index in [1.54, 1.807) is 15.9 Å². The molecule has 0 spiro atoms.